The quantitative estimate of drug-likeness (QED) is 0.735. The lowest BCUT2D eigenvalue weighted by molar-refractivity contribution is 0.416. The van der Waals surface area contributed by atoms with Crippen molar-refractivity contribution in [3.05, 3.63) is 30.5 Å². The highest BCUT2D eigenvalue weighted by atomic mass is 16.5. The van der Waals surface area contributed by atoms with E-state index in [-0.39, 0.29) is 0 Å². The number of ether oxygens (including phenoxy) is 1. The van der Waals surface area contributed by atoms with Gasteiger partial charge in [-0.3, -0.25) is 0 Å². The standard InChI is InChI=1S/C10H10N2O2/c1-13-10-3-2-7(6-8(10)11)9-4-5-14-12-9/h2-6H,11H2,1H3. The minimum atomic E-state index is 0.591. The fourth-order valence-electron chi connectivity index (χ4n) is 1.26. The Morgan fingerprint density at radius 3 is 2.79 bits per heavy atom. The maximum Gasteiger partial charge on any atom is 0.141 e. The lowest BCUT2D eigenvalue weighted by atomic mass is 10.1. The van der Waals surface area contributed by atoms with Gasteiger partial charge in [-0.25, -0.2) is 0 Å². The van der Waals surface area contributed by atoms with Crippen LogP contribution in [-0.4, -0.2) is 12.3 Å². The third-order valence-electron chi connectivity index (χ3n) is 1.96. The van der Waals surface area contributed by atoms with Gasteiger partial charge in [0.2, 0.25) is 0 Å². The van der Waals surface area contributed by atoms with Crippen molar-refractivity contribution in [2.75, 3.05) is 12.8 Å². The van der Waals surface area contributed by atoms with Gasteiger partial charge in [0.1, 0.15) is 17.7 Å². The number of aromatic nitrogens is 1. The van der Waals surface area contributed by atoms with Crippen LogP contribution in [0.3, 0.4) is 0 Å². The molecule has 0 radical (unpaired) electrons. The second kappa shape index (κ2) is 3.41. The van der Waals surface area contributed by atoms with Crippen LogP contribution in [0.4, 0.5) is 5.69 Å². The van der Waals surface area contributed by atoms with Crippen molar-refractivity contribution < 1.29 is 9.26 Å². The molecule has 0 aliphatic carbocycles. The summed E-state index contributed by atoms with van der Waals surface area (Å²) in [6.45, 7) is 0. The second-order valence-electron chi connectivity index (χ2n) is 2.84. The van der Waals surface area contributed by atoms with Crippen LogP contribution in [0.1, 0.15) is 0 Å². The lowest BCUT2D eigenvalue weighted by Gasteiger charge is -2.04. The van der Waals surface area contributed by atoms with E-state index in [1.54, 1.807) is 25.3 Å². The Balaban J connectivity index is 2.43. The molecular formula is C10H10N2O2. The number of hydrogen-bond acceptors (Lipinski definition) is 4. The fourth-order valence-corrected chi connectivity index (χ4v) is 1.26. The first-order valence-electron chi connectivity index (χ1n) is 4.15. The van der Waals surface area contributed by atoms with Gasteiger partial charge in [-0.05, 0) is 18.2 Å². The van der Waals surface area contributed by atoms with Gasteiger partial charge < -0.3 is 15.0 Å². The van der Waals surface area contributed by atoms with E-state index in [4.69, 9.17) is 15.0 Å². The predicted octanol–water partition coefficient (Wildman–Crippen LogP) is 1.93. The van der Waals surface area contributed by atoms with Crippen LogP contribution in [0.15, 0.2) is 35.1 Å². The number of rotatable bonds is 2. The van der Waals surface area contributed by atoms with Gasteiger partial charge in [0.25, 0.3) is 0 Å². The Kier molecular flexibility index (Phi) is 2.10. The van der Waals surface area contributed by atoms with Gasteiger partial charge in [0.15, 0.2) is 0 Å². The second-order valence-corrected chi connectivity index (χ2v) is 2.84. The first kappa shape index (κ1) is 8.62. The number of anilines is 1. The van der Waals surface area contributed by atoms with E-state index in [1.165, 1.54) is 6.26 Å². The Hall–Kier alpha value is -1.97. The van der Waals surface area contributed by atoms with Gasteiger partial charge >= 0.3 is 0 Å². The molecule has 14 heavy (non-hydrogen) atoms. The molecular weight excluding hydrogens is 180 g/mol. The van der Waals surface area contributed by atoms with Crippen LogP contribution >= 0.6 is 0 Å². The van der Waals surface area contributed by atoms with Crippen LogP contribution in [0.25, 0.3) is 11.3 Å². The van der Waals surface area contributed by atoms with Gasteiger partial charge in [-0.2, -0.15) is 0 Å². The Bertz CT molecular complexity index is 424. The van der Waals surface area contributed by atoms with E-state index in [9.17, 15) is 0 Å². The monoisotopic (exact) mass is 190 g/mol. The predicted molar refractivity (Wildman–Crippen MR) is 52.9 cm³/mol. The van der Waals surface area contributed by atoms with Crippen LogP contribution in [0.5, 0.6) is 5.75 Å². The SMILES string of the molecule is COc1ccc(-c2ccon2)cc1N. The summed E-state index contributed by atoms with van der Waals surface area (Å²) in [5, 5.41) is 3.81. The minimum absolute atomic E-state index is 0.591. The molecule has 0 aliphatic heterocycles. The Morgan fingerprint density at radius 2 is 2.21 bits per heavy atom. The van der Waals surface area contributed by atoms with E-state index in [2.05, 4.69) is 5.16 Å². The summed E-state index contributed by atoms with van der Waals surface area (Å²) >= 11 is 0. The number of nitrogen functional groups attached to an aromatic ring is 1. The van der Waals surface area contributed by atoms with E-state index in [1.807, 2.05) is 6.07 Å². The van der Waals surface area contributed by atoms with Crippen molar-refractivity contribution in [3.63, 3.8) is 0 Å². The highest BCUT2D eigenvalue weighted by Crippen LogP contribution is 2.27. The number of nitrogens with zero attached hydrogens (tertiary/aromatic N) is 1. The minimum Gasteiger partial charge on any atom is -0.495 e. The molecule has 2 N–H and O–H groups in total. The summed E-state index contributed by atoms with van der Waals surface area (Å²) in [7, 11) is 1.58. The van der Waals surface area contributed by atoms with E-state index in [0.29, 0.717) is 11.4 Å². The first-order valence-corrected chi connectivity index (χ1v) is 4.15. The van der Waals surface area contributed by atoms with Crippen molar-refractivity contribution in [1.29, 1.82) is 0 Å². The number of hydrogen-bond donors (Lipinski definition) is 1. The summed E-state index contributed by atoms with van der Waals surface area (Å²) in [4.78, 5) is 0. The van der Waals surface area contributed by atoms with Crippen molar-refractivity contribution in [2.45, 2.75) is 0 Å². The molecule has 0 saturated heterocycles. The molecule has 0 atom stereocenters. The Labute approximate surface area is 81.3 Å². The van der Waals surface area contributed by atoms with Crippen LogP contribution in [-0.2, 0) is 0 Å². The molecule has 0 bridgehead atoms. The number of nitrogens with two attached hydrogens (primary N) is 1. The molecule has 0 aliphatic rings. The largest absolute Gasteiger partial charge is 0.495 e. The number of methoxy groups -OCH3 is 1. The molecule has 0 unspecified atom stereocenters. The van der Waals surface area contributed by atoms with Crippen LogP contribution < -0.4 is 10.5 Å². The van der Waals surface area contributed by atoms with Crippen molar-refractivity contribution in [2.24, 2.45) is 0 Å². The molecule has 4 nitrogen and oxygen atoms in total. The fraction of sp³-hybridized carbons (Fsp3) is 0.100. The zero-order valence-electron chi connectivity index (χ0n) is 7.73. The average molecular weight is 190 g/mol. The summed E-state index contributed by atoms with van der Waals surface area (Å²) in [5.41, 5.74) is 8.02. The van der Waals surface area contributed by atoms with Crippen molar-refractivity contribution in [3.8, 4) is 17.0 Å². The molecule has 0 saturated carbocycles. The third-order valence-corrected chi connectivity index (χ3v) is 1.96. The molecule has 1 heterocycles. The molecule has 2 aromatic rings. The molecule has 72 valence electrons. The summed E-state index contributed by atoms with van der Waals surface area (Å²) in [6, 6.07) is 7.27. The van der Waals surface area contributed by atoms with Crippen LogP contribution in [0.2, 0.25) is 0 Å². The molecule has 2 rings (SSSR count). The van der Waals surface area contributed by atoms with Gasteiger partial charge in [0, 0.05) is 11.6 Å². The maximum atomic E-state index is 5.75. The molecule has 0 fully saturated rings. The van der Waals surface area contributed by atoms with Crippen LogP contribution in [0, 0.1) is 0 Å². The van der Waals surface area contributed by atoms with Gasteiger partial charge in [-0.1, -0.05) is 5.16 Å². The molecule has 4 heteroatoms. The smallest absolute Gasteiger partial charge is 0.141 e. The maximum absolute atomic E-state index is 5.75. The zero-order valence-corrected chi connectivity index (χ0v) is 7.73. The normalized spacial score (nSPS) is 10.1. The highest BCUT2D eigenvalue weighted by Gasteiger charge is 2.04. The highest BCUT2D eigenvalue weighted by molar-refractivity contribution is 5.67. The summed E-state index contributed by atoms with van der Waals surface area (Å²) < 4.78 is 9.79. The lowest BCUT2D eigenvalue weighted by Crippen LogP contribution is -1.92. The zero-order chi connectivity index (χ0) is 9.97. The molecule has 0 spiro atoms. The third kappa shape index (κ3) is 1.42. The summed E-state index contributed by atoms with van der Waals surface area (Å²) in [5.74, 6) is 0.664. The number of benzene rings is 1. The van der Waals surface area contributed by atoms with Crippen molar-refractivity contribution in [1.82, 2.24) is 5.16 Å². The first-order chi connectivity index (χ1) is 6.81. The van der Waals surface area contributed by atoms with Gasteiger partial charge in [0.05, 0.1) is 12.8 Å². The molecule has 0 amide bonds. The van der Waals surface area contributed by atoms with E-state index >= 15 is 0 Å². The van der Waals surface area contributed by atoms with Gasteiger partial charge in [-0.15, -0.1) is 0 Å². The molecule has 1 aromatic heterocycles. The van der Waals surface area contributed by atoms with Crippen molar-refractivity contribution >= 4 is 5.69 Å². The van der Waals surface area contributed by atoms with E-state index < -0.39 is 0 Å². The molecule has 1 aromatic carbocycles. The van der Waals surface area contributed by atoms with E-state index in [0.717, 1.165) is 11.3 Å². The average Bonchev–Trinajstić information content (AvgIpc) is 2.70. The Morgan fingerprint density at radius 1 is 1.36 bits per heavy atom. The summed E-state index contributed by atoms with van der Waals surface area (Å²) in [6.07, 6.45) is 1.52. The topological polar surface area (TPSA) is 61.3 Å².